The van der Waals surface area contributed by atoms with Gasteiger partial charge in [-0.15, -0.1) is 0 Å². The molecule has 0 aliphatic heterocycles. The molecular weight excluding hydrogens is 755 g/mol. The second-order valence-electron chi connectivity index (χ2n) is 16.0. The zero-order chi connectivity index (χ0) is 40.7. The van der Waals surface area contributed by atoms with E-state index < -0.39 is 0 Å². The van der Waals surface area contributed by atoms with Crippen LogP contribution >= 0.6 is 0 Å². The molecule has 0 aliphatic carbocycles. The van der Waals surface area contributed by atoms with Crippen LogP contribution < -0.4 is 0 Å². The number of fused-ring (bicyclic) bond motifs is 10. The summed E-state index contributed by atoms with van der Waals surface area (Å²) in [4.78, 5) is 15.3. The van der Waals surface area contributed by atoms with Crippen LogP contribution in [-0.4, -0.2) is 24.1 Å². The van der Waals surface area contributed by atoms with Gasteiger partial charge in [0.25, 0.3) is 0 Å². The van der Waals surface area contributed by atoms with Crippen LogP contribution in [0, 0.1) is 0 Å². The molecular formula is C57H35N5. The Hall–Kier alpha value is -8.41. The lowest BCUT2D eigenvalue weighted by Gasteiger charge is -2.15. The molecule has 288 valence electrons. The Morgan fingerprint density at radius 3 is 1.61 bits per heavy atom. The topological polar surface area (TPSA) is 48.5 Å². The van der Waals surface area contributed by atoms with Crippen LogP contribution in [0.2, 0.25) is 0 Å². The third-order valence-electron chi connectivity index (χ3n) is 12.5. The molecule has 0 unspecified atom stereocenters. The lowest BCUT2D eigenvalue weighted by Crippen LogP contribution is -2.01. The molecule has 3 heterocycles. The minimum atomic E-state index is 0.636. The van der Waals surface area contributed by atoms with E-state index >= 15 is 0 Å². The standard InChI is InChI=1S/C57H35N5/c1-3-17-38(18-4-1)55-58-56(39-19-5-2-6-20-39)60-57(59-55)46-30-32-50(44-24-12-11-23-43(44)46)62-51-31-28-37-16-9-10-22-42(37)54(51)48-35-52-47(34-53(48)62)45-25-13-14-26-49(45)61(52)41-29-27-36-15-7-8-21-40(36)33-41/h1-35H. The van der Waals surface area contributed by atoms with Crippen molar-refractivity contribution in [1.82, 2.24) is 24.1 Å². The van der Waals surface area contributed by atoms with E-state index in [1.165, 1.54) is 54.1 Å². The maximum atomic E-state index is 5.15. The summed E-state index contributed by atoms with van der Waals surface area (Å²) in [6, 6.07) is 75.8. The average molecular weight is 790 g/mol. The molecule has 10 aromatic carbocycles. The van der Waals surface area contributed by atoms with Gasteiger partial charge in [-0.25, -0.2) is 15.0 Å². The predicted octanol–water partition coefficient (Wildman–Crippen LogP) is 14.5. The number of para-hydroxylation sites is 1. The summed E-state index contributed by atoms with van der Waals surface area (Å²) in [5.74, 6) is 1.92. The maximum absolute atomic E-state index is 5.15. The largest absolute Gasteiger partial charge is 0.309 e. The van der Waals surface area contributed by atoms with Crippen LogP contribution in [0.15, 0.2) is 212 Å². The molecule has 5 heteroatoms. The quantitative estimate of drug-likeness (QED) is 0.174. The monoisotopic (exact) mass is 789 g/mol. The first-order valence-electron chi connectivity index (χ1n) is 21.0. The van der Waals surface area contributed by atoms with E-state index in [2.05, 4.69) is 185 Å². The smallest absolute Gasteiger partial charge is 0.164 e. The average Bonchev–Trinajstić information content (AvgIpc) is 3.85. The number of hydrogen-bond donors (Lipinski definition) is 0. The van der Waals surface area contributed by atoms with E-state index in [1.54, 1.807) is 0 Å². The fourth-order valence-corrected chi connectivity index (χ4v) is 9.70. The van der Waals surface area contributed by atoms with E-state index in [-0.39, 0.29) is 0 Å². The van der Waals surface area contributed by atoms with Crippen molar-refractivity contribution in [2.75, 3.05) is 0 Å². The molecule has 13 aromatic rings. The highest BCUT2D eigenvalue weighted by Gasteiger charge is 2.22. The zero-order valence-corrected chi connectivity index (χ0v) is 33.4. The summed E-state index contributed by atoms with van der Waals surface area (Å²) < 4.78 is 4.92. The molecule has 0 atom stereocenters. The van der Waals surface area contributed by atoms with E-state index in [1.807, 2.05) is 36.4 Å². The summed E-state index contributed by atoms with van der Waals surface area (Å²) in [6.07, 6.45) is 0. The van der Waals surface area contributed by atoms with Crippen molar-refractivity contribution in [2.24, 2.45) is 0 Å². The molecule has 62 heavy (non-hydrogen) atoms. The lowest BCUT2D eigenvalue weighted by molar-refractivity contribution is 1.08. The van der Waals surface area contributed by atoms with E-state index in [0.717, 1.165) is 49.9 Å². The first kappa shape index (κ1) is 34.5. The van der Waals surface area contributed by atoms with E-state index in [9.17, 15) is 0 Å². The number of aromatic nitrogens is 5. The van der Waals surface area contributed by atoms with Gasteiger partial charge in [0.1, 0.15) is 0 Å². The van der Waals surface area contributed by atoms with Crippen molar-refractivity contribution in [2.45, 2.75) is 0 Å². The summed E-state index contributed by atoms with van der Waals surface area (Å²) in [5.41, 5.74) is 9.76. The third-order valence-corrected chi connectivity index (χ3v) is 12.5. The second-order valence-corrected chi connectivity index (χ2v) is 16.0. The van der Waals surface area contributed by atoms with Crippen LogP contribution in [0.4, 0.5) is 0 Å². The molecule has 0 radical (unpaired) electrons. The van der Waals surface area contributed by atoms with Gasteiger partial charge in [0, 0.05) is 49.3 Å². The number of nitrogens with zero attached hydrogens (tertiary/aromatic N) is 5. The van der Waals surface area contributed by atoms with E-state index in [0.29, 0.717) is 17.5 Å². The Morgan fingerprint density at radius 2 is 0.855 bits per heavy atom. The number of rotatable bonds is 5. The molecule has 0 bridgehead atoms. The van der Waals surface area contributed by atoms with Crippen molar-refractivity contribution >= 4 is 75.9 Å². The van der Waals surface area contributed by atoms with Crippen molar-refractivity contribution in [3.63, 3.8) is 0 Å². The Kier molecular flexibility index (Phi) is 7.54. The number of hydrogen-bond acceptors (Lipinski definition) is 3. The molecule has 0 saturated carbocycles. The molecule has 0 N–H and O–H groups in total. The molecule has 0 spiro atoms. The first-order chi connectivity index (χ1) is 30.7. The van der Waals surface area contributed by atoms with Crippen molar-refractivity contribution < 1.29 is 0 Å². The van der Waals surface area contributed by atoms with Gasteiger partial charge in [0.2, 0.25) is 0 Å². The van der Waals surface area contributed by atoms with Crippen LogP contribution in [0.25, 0.3) is 121 Å². The van der Waals surface area contributed by atoms with Crippen LogP contribution in [-0.2, 0) is 0 Å². The van der Waals surface area contributed by atoms with Crippen molar-refractivity contribution in [3.05, 3.63) is 212 Å². The molecule has 0 fully saturated rings. The van der Waals surface area contributed by atoms with Crippen LogP contribution in [0.3, 0.4) is 0 Å². The van der Waals surface area contributed by atoms with Gasteiger partial charge >= 0.3 is 0 Å². The highest BCUT2D eigenvalue weighted by atomic mass is 15.0. The fourth-order valence-electron chi connectivity index (χ4n) is 9.70. The number of benzene rings is 10. The Labute approximate surface area is 356 Å². The molecule has 0 amide bonds. The van der Waals surface area contributed by atoms with Gasteiger partial charge < -0.3 is 9.13 Å². The first-order valence-corrected chi connectivity index (χ1v) is 21.0. The van der Waals surface area contributed by atoms with Gasteiger partial charge in [0.05, 0.1) is 27.8 Å². The Balaban J connectivity index is 1.10. The summed E-state index contributed by atoms with van der Waals surface area (Å²) >= 11 is 0. The summed E-state index contributed by atoms with van der Waals surface area (Å²) in [7, 11) is 0. The predicted molar refractivity (Wildman–Crippen MR) is 257 cm³/mol. The zero-order valence-electron chi connectivity index (χ0n) is 33.4. The van der Waals surface area contributed by atoms with Gasteiger partial charge in [-0.3, -0.25) is 0 Å². The molecule has 5 nitrogen and oxygen atoms in total. The molecule has 0 saturated heterocycles. The summed E-state index contributed by atoms with van der Waals surface area (Å²) in [6.45, 7) is 0. The molecule has 3 aromatic heterocycles. The van der Waals surface area contributed by atoms with Crippen molar-refractivity contribution in [3.8, 4) is 45.5 Å². The van der Waals surface area contributed by atoms with Gasteiger partial charge in [-0.2, -0.15) is 0 Å². The van der Waals surface area contributed by atoms with E-state index in [4.69, 9.17) is 15.0 Å². The van der Waals surface area contributed by atoms with Gasteiger partial charge in [0.15, 0.2) is 17.5 Å². The minimum Gasteiger partial charge on any atom is -0.309 e. The Bertz CT molecular complexity index is 3860. The normalized spacial score (nSPS) is 11.9. The summed E-state index contributed by atoms with van der Waals surface area (Å²) in [5, 5.41) is 12.0. The highest BCUT2D eigenvalue weighted by molar-refractivity contribution is 6.25. The molecule has 0 aliphatic rings. The maximum Gasteiger partial charge on any atom is 0.164 e. The second kappa shape index (κ2) is 13.6. The van der Waals surface area contributed by atoms with Crippen LogP contribution in [0.1, 0.15) is 0 Å². The lowest BCUT2D eigenvalue weighted by atomic mass is 10.0. The van der Waals surface area contributed by atoms with Gasteiger partial charge in [-0.05, 0) is 75.5 Å². The molecule has 13 rings (SSSR count). The fraction of sp³-hybridized carbons (Fsp3) is 0. The Morgan fingerprint density at radius 1 is 0.290 bits per heavy atom. The van der Waals surface area contributed by atoms with Gasteiger partial charge in [-0.1, -0.05) is 164 Å². The van der Waals surface area contributed by atoms with Crippen LogP contribution in [0.5, 0.6) is 0 Å². The minimum absolute atomic E-state index is 0.636. The highest BCUT2D eigenvalue weighted by Crippen LogP contribution is 2.44. The SMILES string of the molecule is c1ccc(-c2nc(-c3ccccc3)nc(-c3ccc(-n4c5cc6c7ccccc7n(-c7ccc8ccccc8c7)c6cc5c5c6ccccc6ccc54)c4ccccc34)n2)cc1. The third kappa shape index (κ3) is 5.25. The van der Waals surface area contributed by atoms with Crippen molar-refractivity contribution in [1.29, 1.82) is 0 Å².